The van der Waals surface area contributed by atoms with Gasteiger partial charge in [-0.3, -0.25) is 0 Å². The van der Waals surface area contributed by atoms with Crippen LogP contribution in [0.3, 0.4) is 0 Å². The van der Waals surface area contributed by atoms with E-state index in [1.54, 1.807) is 11.3 Å². The highest BCUT2D eigenvalue weighted by molar-refractivity contribution is 7.18. The molecule has 0 bridgehead atoms. The predicted molar refractivity (Wildman–Crippen MR) is 120 cm³/mol. The summed E-state index contributed by atoms with van der Waals surface area (Å²) < 4.78 is 5.66. The van der Waals surface area contributed by atoms with Crippen molar-refractivity contribution in [2.75, 3.05) is 13.2 Å². The van der Waals surface area contributed by atoms with Crippen LogP contribution in [0.5, 0.6) is 0 Å². The summed E-state index contributed by atoms with van der Waals surface area (Å²) in [6.07, 6.45) is 2.76. The average Bonchev–Trinajstić information content (AvgIpc) is 3.49. The van der Waals surface area contributed by atoms with Gasteiger partial charge in [0.05, 0.1) is 22.0 Å². The fraction of sp³-hybridized carbons (Fsp3) is 0.292. The number of ether oxygens (including phenoxy) is 1. The van der Waals surface area contributed by atoms with Crippen molar-refractivity contribution in [3.05, 3.63) is 65.7 Å². The Bertz CT molecular complexity index is 1110. The summed E-state index contributed by atoms with van der Waals surface area (Å²) in [5.41, 5.74) is 5.89. The molecular weight excluding hydrogens is 378 g/mol. The molecule has 2 aromatic heterocycles. The molecule has 1 aliphatic rings. The third kappa shape index (κ3) is 3.99. The number of hydrogen-bond acceptors (Lipinski definition) is 4. The van der Waals surface area contributed by atoms with Crippen molar-refractivity contribution >= 4 is 22.4 Å². The van der Waals surface area contributed by atoms with E-state index >= 15 is 0 Å². The molecule has 0 aliphatic carbocycles. The van der Waals surface area contributed by atoms with E-state index in [9.17, 15) is 0 Å². The fourth-order valence-corrected chi connectivity index (χ4v) is 4.84. The summed E-state index contributed by atoms with van der Waals surface area (Å²) in [5.74, 6) is 0.945. The molecule has 1 saturated heterocycles. The lowest BCUT2D eigenvalue weighted by Crippen LogP contribution is -2.25. The Morgan fingerprint density at radius 3 is 2.76 bits per heavy atom. The van der Waals surface area contributed by atoms with Gasteiger partial charge < -0.3 is 15.0 Å². The van der Waals surface area contributed by atoms with Crippen molar-refractivity contribution in [3.8, 4) is 21.1 Å². The molecule has 0 saturated carbocycles. The first-order valence-electron chi connectivity index (χ1n) is 10.2. The minimum absolute atomic E-state index is 0.390. The second-order valence-corrected chi connectivity index (χ2v) is 8.77. The highest BCUT2D eigenvalue weighted by atomic mass is 32.1. The van der Waals surface area contributed by atoms with Crippen molar-refractivity contribution in [1.82, 2.24) is 15.3 Å². The van der Waals surface area contributed by atoms with Crippen LogP contribution in [0.25, 0.3) is 32.2 Å². The van der Waals surface area contributed by atoms with Gasteiger partial charge in [-0.1, -0.05) is 36.4 Å². The minimum Gasteiger partial charge on any atom is -0.377 e. The van der Waals surface area contributed by atoms with Crippen molar-refractivity contribution in [3.63, 3.8) is 0 Å². The molecule has 4 aromatic rings. The van der Waals surface area contributed by atoms with Gasteiger partial charge in [0, 0.05) is 24.6 Å². The second-order valence-electron chi connectivity index (χ2n) is 7.68. The standard InChI is InChI=1S/C24H25N3OS/c1-16-4-2-6-20-23(16)27-24(26-20)22-12-11-21(29-22)18-9-7-17(8-10-18)14-25-15-19-5-3-13-28-19/h2,4,6-12,19,25H,3,5,13-15H2,1H3,(H,26,27). The van der Waals surface area contributed by atoms with Gasteiger partial charge in [0.1, 0.15) is 5.82 Å². The summed E-state index contributed by atoms with van der Waals surface area (Å²) in [6, 6.07) is 19.4. The van der Waals surface area contributed by atoms with Gasteiger partial charge >= 0.3 is 0 Å². The van der Waals surface area contributed by atoms with Gasteiger partial charge in [0.2, 0.25) is 0 Å². The molecule has 4 nitrogen and oxygen atoms in total. The zero-order valence-corrected chi connectivity index (χ0v) is 17.4. The molecule has 148 valence electrons. The van der Waals surface area contributed by atoms with E-state index in [1.165, 1.54) is 34.4 Å². The Hall–Kier alpha value is -2.47. The zero-order valence-electron chi connectivity index (χ0n) is 16.6. The maximum atomic E-state index is 5.66. The monoisotopic (exact) mass is 403 g/mol. The largest absolute Gasteiger partial charge is 0.377 e. The number of rotatable bonds is 6. The summed E-state index contributed by atoms with van der Waals surface area (Å²) in [6.45, 7) is 4.84. The average molecular weight is 404 g/mol. The number of nitrogens with zero attached hydrogens (tertiary/aromatic N) is 1. The molecule has 1 unspecified atom stereocenters. The van der Waals surface area contributed by atoms with E-state index < -0.39 is 0 Å². The number of aromatic nitrogens is 2. The van der Waals surface area contributed by atoms with Crippen LogP contribution in [0.15, 0.2) is 54.6 Å². The molecule has 3 heterocycles. The topological polar surface area (TPSA) is 49.9 Å². The minimum atomic E-state index is 0.390. The first-order valence-corrected chi connectivity index (χ1v) is 11.0. The maximum Gasteiger partial charge on any atom is 0.148 e. The number of hydrogen-bond donors (Lipinski definition) is 2. The maximum absolute atomic E-state index is 5.66. The number of H-pyrrole nitrogens is 1. The smallest absolute Gasteiger partial charge is 0.148 e. The Labute approximate surface area is 175 Å². The molecule has 2 N–H and O–H groups in total. The van der Waals surface area contributed by atoms with E-state index in [2.05, 4.69) is 71.8 Å². The Morgan fingerprint density at radius 2 is 1.97 bits per heavy atom. The van der Waals surface area contributed by atoms with Gasteiger partial charge in [-0.15, -0.1) is 11.3 Å². The highest BCUT2D eigenvalue weighted by Crippen LogP contribution is 2.34. The molecule has 0 spiro atoms. The predicted octanol–water partition coefficient (Wildman–Crippen LogP) is 5.54. The van der Waals surface area contributed by atoms with Gasteiger partial charge in [-0.2, -0.15) is 0 Å². The number of fused-ring (bicyclic) bond motifs is 1. The van der Waals surface area contributed by atoms with Gasteiger partial charge in [-0.25, -0.2) is 4.98 Å². The van der Waals surface area contributed by atoms with Crippen LogP contribution in [0.2, 0.25) is 0 Å². The quantitative estimate of drug-likeness (QED) is 0.445. The van der Waals surface area contributed by atoms with E-state index in [1.807, 2.05) is 0 Å². The van der Waals surface area contributed by atoms with Gasteiger partial charge in [-0.05, 0) is 54.7 Å². The molecule has 1 fully saturated rings. The van der Waals surface area contributed by atoms with E-state index in [4.69, 9.17) is 9.72 Å². The van der Waals surface area contributed by atoms with E-state index in [0.717, 1.165) is 41.4 Å². The molecular formula is C24H25N3OS. The van der Waals surface area contributed by atoms with Crippen LogP contribution in [0, 0.1) is 6.92 Å². The molecule has 29 heavy (non-hydrogen) atoms. The van der Waals surface area contributed by atoms with E-state index in [-0.39, 0.29) is 0 Å². The van der Waals surface area contributed by atoms with Crippen molar-refractivity contribution in [2.24, 2.45) is 0 Å². The van der Waals surface area contributed by atoms with Crippen molar-refractivity contribution < 1.29 is 4.74 Å². The second kappa shape index (κ2) is 8.11. The lowest BCUT2D eigenvalue weighted by molar-refractivity contribution is 0.110. The molecule has 0 radical (unpaired) electrons. The number of thiophene rings is 1. The zero-order chi connectivity index (χ0) is 19.6. The first kappa shape index (κ1) is 18.6. The number of aromatic amines is 1. The van der Waals surface area contributed by atoms with Gasteiger partial charge in [0.25, 0.3) is 0 Å². The van der Waals surface area contributed by atoms with Crippen LogP contribution < -0.4 is 5.32 Å². The van der Waals surface area contributed by atoms with Crippen LogP contribution >= 0.6 is 11.3 Å². The molecule has 5 rings (SSSR count). The lowest BCUT2D eigenvalue weighted by atomic mass is 10.1. The summed E-state index contributed by atoms with van der Waals surface area (Å²) in [4.78, 5) is 10.7. The Balaban J connectivity index is 1.27. The summed E-state index contributed by atoms with van der Waals surface area (Å²) in [5, 5.41) is 3.51. The lowest BCUT2D eigenvalue weighted by Gasteiger charge is -2.10. The Morgan fingerprint density at radius 1 is 1.10 bits per heavy atom. The molecule has 1 atom stereocenters. The van der Waals surface area contributed by atoms with Gasteiger partial charge in [0.15, 0.2) is 0 Å². The van der Waals surface area contributed by atoms with E-state index in [0.29, 0.717) is 6.10 Å². The summed E-state index contributed by atoms with van der Waals surface area (Å²) in [7, 11) is 0. The number of aryl methyl sites for hydroxylation is 1. The molecule has 1 aliphatic heterocycles. The van der Waals surface area contributed by atoms with Crippen molar-refractivity contribution in [1.29, 1.82) is 0 Å². The van der Waals surface area contributed by atoms with Crippen LogP contribution in [-0.4, -0.2) is 29.2 Å². The molecule has 0 amide bonds. The third-order valence-corrected chi connectivity index (χ3v) is 6.66. The highest BCUT2D eigenvalue weighted by Gasteiger charge is 2.14. The SMILES string of the molecule is Cc1cccc2[nH]c(-c3ccc(-c4ccc(CNCC5CCCO5)cc4)s3)nc12. The van der Waals surface area contributed by atoms with Crippen LogP contribution in [0.1, 0.15) is 24.0 Å². The number of nitrogens with one attached hydrogen (secondary N) is 2. The van der Waals surface area contributed by atoms with Crippen molar-refractivity contribution in [2.45, 2.75) is 32.4 Å². The number of para-hydroxylation sites is 1. The third-order valence-electron chi connectivity index (χ3n) is 5.52. The molecule has 2 aromatic carbocycles. The first-order chi connectivity index (χ1) is 14.3. The molecule has 5 heteroatoms. The number of imidazole rings is 1. The normalized spacial score (nSPS) is 16.7. The Kier molecular flexibility index (Phi) is 5.19. The number of benzene rings is 2. The van der Waals surface area contributed by atoms with Crippen LogP contribution in [-0.2, 0) is 11.3 Å². The fourth-order valence-electron chi connectivity index (χ4n) is 3.88. The summed E-state index contributed by atoms with van der Waals surface area (Å²) >= 11 is 1.77. The van der Waals surface area contributed by atoms with Crippen LogP contribution in [0.4, 0.5) is 0 Å².